The van der Waals surface area contributed by atoms with E-state index in [2.05, 4.69) is 50.4 Å². The lowest BCUT2D eigenvalue weighted by Gasteiger charge is -2.18. The Balaban J connectivity index is 0.000000225. The van der Waals surface area contributed by atoms with Crippen LogP contribution in [0.3, 0.4) is 0 Å². The Kier molecular flexibility index (Phi) is 15.7. The van der Waals surface area contributed by atoms with Gasteiger partial charge in [0.15, 0.2) is 11.5 Å². The smallest absolute Gasteiger partial charge is 0.231 e. The highest BCUT2D eigenvalue weighted by atomic mass is 32.2. The Morgan fingerprint density at radius 2 is 1.52 bits per heavy atom. The average molecular weight is 587 g/mol. The molecule has 222 valence electrons. The topological polar surface area (TPSA) is 50.8 Å². The summed E-state index contributed by atoms with van der Waals surface area (Å²) in [6.07, 6.45) is 16.2. The first-order valence-corrected chi connectivity index (χ1v) is 17.7. The quantitative estimate of drug-likeness (QED) is 0.110. The lowest BCUT2D eigenvalue weighted by molar-refractivity contribution is 0.174. The molecule has 1 aliphatic rings. The van der Waals surface area contributed by atoms with Crippen LogP contribution in [-0.4, -0.2) is 29.0 Å². The number of rotatable bonds is 18. The van der Waals surface area contributed by atoms with E-state index in [0.717, 1.165) is 42.4 Å². The van der Waals surface area contributed by atoms with Crippen molar-refractivity contribution in [2.75, 3.05) is 19.2 Å². The molecule has 0 amide bonds. The molecule has 0 N–H and O–H groups in total. The maximum atomic E-state index is 12.3. The van der Waals surface area contributed by atoms with Gasteiger partial charge in [-0.25, -0.2) is 0 Å². The Morgan fingerprint density at radius 1 is 0.850 bits per heavy atom. The summed E-state index contributed by atoms with van der Waals surface area (Å²) < 4.78 is 30.2. The largest absolute Gasteiger partial charge is 0.616 e. The average Bonchev–Trinajstić information content (AvgIpc) is 3.61. The number of unbranched alkanes of at least 4 members (excludes halogenated alkanes) is 10. The van der Waals surface area contributed by atoms with E-state index in [1.165, 1.54) is 86.3 Å². The second-order valence-corrected chi connectivity index (χ2v) is 13.7. The molecule has 0 radical (unpaired) electrons. The van der Waals surface area contributed by atoms with Gasteiger partial charge < -0.3 is 18.8 Å². The number of hydrogen-bond donors (Lipinski definition) is 0. The fraction of sp³-hybridized carbons (Fsp3) is 0.588. The standard InChI is InChI=1S/C18H28O3S.C16H22OS/c1-3-4-5-6-7-8-11-22(19)15(2)12-16-9-10-17-18(13-16)21-14-20-17;1-2-3-4-5-6-9-12-17-15-13-18-16-11-8-7-10-14(15)16/h9-10,13,15H,3-8,11-12,14H2,1-2H3;7-8,10-11,13H,2-6,9,12H2,1H3. The van der Waals surface area contributed by atoms with Gasteiger partial charge in [0.1, 0.15) is 16.8 Å². The highest BCUT2D eigenvalue weighted by molar-refractivity contribution is 7.91. The normalized spacial score (nSPS) is 13.6. The molecule has 6 heteroatoms. The number of benzene rings is 2. The first-order valence-electron chi connectivity index (χ1n) is 15.5. The summed E-state index contributed by atoms with van der Waals surface area (Å²) in [7, 11) is 0. The monoisotopic (exact) mass is 586 g/mol. The molecule has 40 heavy (non-hydrogen) atoms. The van der Waals surface area contributed by atoms with Crippen LogP contribution in [0.5, 0.6) is 17.2 Å². The SMILES string of the molecule is CCCCCCCCOc1csc2ccccc12.CCCCCCCC[S+]([O-])C(C)Cc1ccc2c(c1)OCO2. The van der Waals surface area contributed by atoms with Crippen molar-refractivity contribution in [1.29, 1.82) is 0 Å². The summed E-state index contributed by atoms with van der Waals surface area (Å²) in [5, 5.41) is 3.58. The van der Waals surface area contributed by atoms with E-state index in [4.69, 9.17) is 14.2 Å². The minimum Gasteiger partial charge on any atom is -0.616 e. The van der Waals surface area contributed by atoms with Crippen LogP contribution in [0, 0.1) is 0 Å². The molecule has 0 fully saturated rings. The molecule has 0 aliphatic carbocycles. The third-order valence-electron chi connectivity index (χ3n) is 7.31. The molecule has 0 spiro atoms. The molecular formula is C34H50O4S2. The minimum absolute atomic E-state index is 0.191. The zero-order valence-corrected chi connectivity index (χ0v) is 26.6. The van der Waals surface area contributed by atoms with E-state index in [0.29, 0.717) is 6.79 Å². The number of ether oxygens (including phenoxy) is 3. The van der Waals surface area contributed by atoms with E-state index in [9.17, 15) is 4.55 Å². The number of thiophene rings is 1. The maximum Gasteiger partial charge on any atom is 0.231 e. The van der Waals surface area contributed by atoms with Gasteiger partial charge in [0, 0.05) is 21.9 Å². The molecule has 1 aromatic heterocycles. The van der Waals surface area contributed by atoms with Crippen molar-refractivity contribution in [1.82, 2.24) is 0 Å². The van der Waals surface area contributed by atoms with Crippen LogP contribution in [0.4, 0.5) is 0 Å². The molecule has 2 atom stereocenters. The first kappa shape index (κ1) is 32.6. The van der Waals surface area contributed by atoms with Gasteiger partial charge in [-0.3, -0.25) is 0 Å². The molecule has 4 rings (SSSR count). The van der Waals surface area contributed by atoms with Gasteiger partial charge >= 0.3 is 0 Å². The molecule has 2 heterocycles. The van der Waals surface area contributed by atoms with Gasteiger partial charge in [0.25, 0.3) is 0 Å². The maximum absolute atomic E-state index is 12.3. The Morgan fingerprint density at radius 3 is 2.30 bits per heavy atom. The number of hydrogen-bond acceptors (Lipinski definition) is 5. The van der Waals surface area contributed by atoms with E-state index in [-0.39, 0.29) is 5.25 Å². The second kappa shape index (κ2) is 19.3. The predicted molar refractivity (Wildman–Crippen MR) is 173 cm³/mol. The van der Waals surface area contributed by atoms with Crippen molar-refractivity contribution in [3.8, 4) is 17.2 Å². The highest BCUT2D eigenvalue weighted by Crippen LogP contribution is 2.33. The third kappa shape index (κ3) is 11.5. The van der Waals surface area contributed by atoms with E-state index in [1.54, 1.807) is 11.3 Å². The second-order valence-electron chi connectivity index (χ2n) is 10.8. The van der Waals surface area contributed by atoms with Gasteiger partial charge in [0.05, 0.1) is 6.61 Å². The van der Waals surface area contributed by atoms with Crippen molar-refractivity contribution in [2.24, 2.45) is 0 Å². The van der Waals surface area contributed by atoms with Crippen molar-refractivity contribution < 1.29 is 18.8 Å². The molecule has 3 aromatic rings. The highest BCUT2D eigenvalue weighted by Gasteiger charge is 2.19. The molecule has 0 bridgehead atoms. The van der Waals surface area contributed by atoms with E-state index >= 15 is 0 Å². The lowest BCUT2D eigenvalue weighted by Crippen LogP contribution is -2.23. The molecular weight excluding hydrogens is 537 g/mol. The molecule has 1 aliphatic heterocycles. The van der Waals surface area contributed by atoms with Crippen LogP contribution in [0.1, 0.15) is 103 Å². The van der Waals surface area contributed by atoms with Crippen LogP contribution in [0.2, 0.25) is 0 Å². The zero-order valence-electron chi connectivity index (χ0n) is 25.0. The zero-order chi connectivity index (χ0) is 28.4. The Hall–Kier alpha value is -1.89. The van der Waals surface area contributed by atoms with Gasteiger partial charge in [-0.1, -0.05) is 101 Å². The van der Waals surface area contributed by atoms with Gasteiger partial charge in [-0.05, 0) is 56.0 Å². The summed E-state index contributed by atoms with van der Waals surface area (Å²) in [6.45, 7) is 7.72. The van der Waals surface area contributed by atoms with Gasteiger partial charge in [0.2, 0.25) is 6.79 Å². The summed E-state index contributed by atoms with van der Waals surface area (Å²) in [6, 6.07) is 14.5. The fourth-order valence-electron chi connectivity index (χ4n) is 4.85. The van der Waals surface area contributed by atoms with Gasteiger partial charge in [-0.2, -0.15) is 0 Å². The summed E-state index contributed by atoms with van der Waals surface area (Å²) in [4.78, 5) is 0. The number of fused-ring (bicyclic) bond motifs is 2. The van der Waals surface area contributed by atoms with Crippen LogP contribution in [0.25, 0.3) is 10.1 Å². The fourth-order valence-corrected chi connectivity index (χ4v) is 7.00. The molecule has 2 aromatic carbocycles. The molecule has 0 saturated heterocycles. The van der Waals surface area contributed by atoms with Crippen LogP contribution >= 0.6 is 11.3 Å². The molecule has 2 unspecified atom stereocenters. The summed E-state index contributed by atoms with van der Waals surface area (Å²) in [5.74, 6) is 3.51. The van der Waals surface area contributed by atoms with Crippen molar-refractivity contribution in [3.63, 3.8) is 0 Å². The summed E-state index contributed by atoms with van der Waals surface area (Å²) in [5.41, 5.74) is 1.17. The van der Waals surface area contributed by atoms with Crippen molar-refractivity contribution >= 4 is 32.6 Å². The lowest BCUT2D eigenvalue weighted by atomic mass is 10.1. The molecule has 4 nitrogen and oxygen atoms in total. The Bertz CT molecular complexity index is 1080. The third-order valence-corrected chi connectivity index (χ3v) is 10.0. The predicted octanol–water partition coefficient (Wildman–Crippen LogP) is 10.1. The summed E-state index contributed by atoms with van der Waals surface area (Å²) >= 11 is 1.02. The Labute approximate surface area is 250 Å². The van der Waals surface area contributed by atoms with Gasteiger partial charge in [-0.15, -0.1) is 11.3 Å². The van der Waals surface area contributed by atoms with Crippen molar-refractivity contribution in [3.05, 3.63) is 53.4 Å². The van der Waals surface area contributed by atoms with E-state index < -0.39 is 11.2 Å². The van der Waals surface area contributed by atoms with Crippen LogP contribution in [-0.2, 0) is 17.6 Å². The minimum atomic E-state index is -0.743. The van der Waals surface area contributed by atoms with Crippen LogP contribution < -0.4 is 14.2 Å². The first-order chi connectivity index (χ1) is 19.6. The molecule has 0 saturated carbocycles. The van der Waals surface area contributed by atoms with Crippen LogP contribution in [0.15, 0.2) is 47.8 Å². The van der Waals surface area contributed by atoms with E-state index in [1.807, 2.05) is 18.2 Å². The van der Waals surface area contributed by atoms with Crippen molar-refractivity contribution in [2.45, 2.75) is 109 Å².